The molecule has 152 valence electrons. The highest BCUT2D eigenvalue weighted by Crippen LogP contribution is 2.62. The first kappa shape index (κ1) is 18.6. The van der Waals surface area contributed by atoms with Crippen LogP contribution in [0, 0.1) is 28.6 Å². The highest BCUT2D eigenvalue weighted by molar-refractivity contribution is 5.28. The summed E-state index contributed by atoms with van der Waals surface area (Å²) in [6.45, 7) is 8.04. The van der Waals surface area contributed by atoms with Crippen molar-refractivity contribution in [2.45, 2.75) is 89.6 Å². The molecule has 1 aliphatic heterocycles. The molecule has 2 N–H and O–H groups in total. The molecule has 27 heavy (non-hydrogen) atoms. The molecular weight excluding hydrogens is 340 g/mol. The third-order valence-corrected chi connectivity index (χ3v) is 8.83. The maximum absolute atomic E-state index is 11.7. The van der Waals surface area contributed by atoms with Crippen LogP contribution in [0.25, 0.3) is 0 Å². The van der Waals surface area contributed by atoms with Crippen molar-refractivity contribution < 1.29 is 19.7 Å². The minimum atomic E-state index is -0.701. The largest absolute Gasteiger partial charge is 0.393 e. The maximum atomic E-state index is 11.7. The predicted octanol–water partition coefficient (Wildman–Crippen LogP) is 3.80. The number of aliphatic hydroxyl groups excluding tert-OH is 1. The van der Waals surface area contributed by atoms with Gasteiger partial charge in [-0.25, -0.2) is 0 Å². The van der Waals surface area contributed by atoms with E-state index in [2.05, 4.69) is 26.8 Å². The molecule has 4 nitrogen and oxygen atoms in total. The molecule has 5 rings (SSSR count). The molecule has 3 unspecified atom stereocenters. The number of fused-ring (bicyclic) bond motifs is 5. The SMILES string of the molecule is CC1(C)COC2(CCC3C4=CC[C@@]5(C)C(CC[C@@H]5O)C4CC[C@@]3(O)C2)OC1. The lowest BCUT2D eigenvalue weighted by Gasteiger charge is -2.58. The van der Waals surface area contributed by atoms with Crippen molar-refractivity contribution >= 4 is 0 Å². The van der Waals surface area contributed by atoms with Gasteiger partial charge in [0.05, 0.1) is 24.9 Å². The smallest absolute Gasteiger partial charge is 0.171 e. The molecular formula is C23H36O4. The van der Waals surface area contributed by atoms with E-state index in [-0.39, 0.29) is 22.9 Å². The third-order valence-electron chi connectivity index (χ3n) is 8.83. The van der Waals surface area contributed by atoms with Gasteiger partial charge >= 0.3 is 0 Å². The summed E-state index contributed by atoms with van der Waals surface area (Å²) in [5.74, 6) is 0.788. The molecule has 5 aliphatic rings. The van der Waals surface area contributed by atoms with E-state index in [0.717, 1.165) is 44.9 Å². The van der Waals surface area contributed by atoms with Crippen molar-refractivity contribution in [3.8, 4) is 0 Å². The van der Waals surface area contributed by atoms with Gasteiger partial charge in [0.1, 0.15) is 0 Å². The topological polar surface area (TPSA) is 58.9 Å². The maximum Gasteiger partial charge on any atom is 0.171 e. The summed E-state index contributed by atoms with van der Waals surface area (Å²) < 4.78 is 12.5. The lowest BCUT2D eigenvalue weighted by Crippen LogP contribution is -2.60. The summed E-state index contributed by atoms with van der Waals surface area (Å²) in [7, 11) is 0. The van der Waals surface area contributed by atoms with Crippen molar-refractivity contribution in [2.75, 3.05) is 13.2 Å². The Morgan fingerprint density at radius 1 is 1.00 bits per heavy atom. The van der Waals surface area contributed by atoms with Gasteiger partial charge in [-0.1, -0.05) is 32.4 Å². The Bertz CT molecular complexity index is 645. The number of hydrogen-bond donors (Lipinski definition) is 2. The van der Waals surface area contributed by atoms with Gasteiger partial charge in [-0.15, -0.1) is 0 Å². The Morgan fingerprint density at radius 2 is 1.74 bits per heavy atom. The van der Waals surface area contributed by atoms with Crippen molar-refractivity contribution in [2.24, 2.45) is 28.6 Å². The van der Waals surface area contributed by atoms with Crippen molar-refractivity contribution in [1.29, 1.82) is 0 Å². The van der Waals surface area contributed by atoms with E-state index in [0.29, 0.717) is 31.5 Å². The Hall–Kier alpha value is -0.420. The number of allylic oxidation sites excluding steroid dienone is 1. The molecule has 4 fully saturated rings. The minimum Gasteiger partial charge on any atom is -0.393 e. The lowest BCUT2D eigenvalue weighted by atomic mass is 9.53. The van der Waals surface area contributed by atoms with Crippen LogP contribution in [0.15, 0.2) is 11.6 Å². The van der Waals surface area contributed by atoms with Crippen LogP contribution in [0.4, 0.5) is 0 Å². The molecule has 0 amide bonds. The number of hydrogen-bond acceptors (Lipinski definition) is 4. The molecule has 1 saturated heterocycles. The van der Waals surface area contributed by atoms with Crippen LogP contribution in [0.5, 0.6) is 0 Å². The first-order valence-corrected chi connectivity index (χ1v) is 11.0. The molecule has 6 atom stereocenters. The minimum absolute atomic E-state index is 0.0423. The fourth-order valence-corrected chi connectivity index (χ4v) is 7.12. The molecule has 0 radical (unpaired) electrons. The van der Waals surface area contributed by atoms with Gasteiger partial charge < -0.3 is 19.7 Å². The zero-order valence-electron chi connectivity index (χ0n) is 17.2. The van der Waals surface area contributed by atoms with Gasteiger partial charge in [0.2, 0.25) is 0 Å². The molecule has 0 aromatic heterocycles. The second-order valence-corrected chi connectivity index (χ2v) is 11.3. The van der Waals surface area contributed by atoms with E-state index < -0.39 is 11.4 Å². The van der Waals surface area contributed by atoms with Crippen molar-refractivity contribution in [1.82, 2.24) is 0 Å². The monoisotopic (exact) mass is 376 g/mol. The van der Waals surface area contributed by atoms with Crippen LogP contribution < -0.4 is 0 Å². The van der Waals surface area contributed by atoms with Crippen LogP contribution in [0.2, 0.25) is 0 Å². The Morgan fingerprint density at radius 3 is 2.48 bits per heavy atom. The Balaban J connectivity index is 1.39. The van der Waals surface area contributed by atoms with E-state index >= 15 is 0 Å². The number of rotatable bonds is 0. The second-order valence-electron chi connectivity index (χ2n) is 11.3. The highest BCUT2D eigenvalue weighted by atomic mass is 16.7. The van der Waals surface area contributed by atoms with Gasteiger partial charge in [-0.05, 0) is 50.4 Å². The summed E-state index contributed by atoms with van der Waals surface area (Å²) in [5.41, 5.74) is 0.891. The Labute approximate surface area is 163 Å². The molecule has 0 aromatic rings. The highest BCUT2D eigenvalue weighted by Gasteiger charge is 2.60. The van der Waals surface area contributed by atoms with Crippen LogP contribution in [0.1, 0.15) is 72.1 Å². The molecule has 4 aliphatic carbocycles. The standard InChI is InChI=1S/C23H36O4/c1-20(2)13-26-23(27-14-20)11-8-18-16-6-9-21(3)17(4-5-19(21)24)15(16)7-10-22(18,25)12-23/h6,15,17-19,24-25H,4-5,7-14H2,1-3H3/t15?,17?,18?,19-,21-,22+/m0/s1. The molecule has 3 saturated carbocycles. The van der Waals surface area contributed by atoms with Crippen LogP contribution in [-0.4, -0.2) is 40.9 Å². The summed E-state index contributed by atoms with van der Waals surface area (Å²) in [4.78, 5) is 0. The van der Waals surface area contributed by atoms with E-state index in [4.69, 9.17) is 9.47 Å². The summed E-state index contributed by atoms with van der Waals surface area (Å²) >= 11 is 0. The first-order valence-electron chi connectivity index (χ1n) is 11.0. The fourth-order valence-electron chi connectivity index (χ4n) is 7.12. The summed E-state index contributed by atoms with van der Waals surface area (Å²) in [6, 6.07) is 0. The van der Waals surface area contributed by atoms with Crippen molar-refractivity contribution in [3.63, 3.8) is 0 Å². The zero-order chi connectivity index (χ0) is 19.1. The van der Waals surface area contributed by atoms with Gasteiger partial charge in [0.15, 0.2) is 5.79 Å². The van der Waals surface area contributed by atoms with Crippen molar-refractivity contribution in [3.05, 3.63) is 11.6 Å². The van der Waals surface area contributed by atoms with Crippen LogP contribution >= 0.6 is 0 Å². The lowest BCUT2D eigenvalue weighted by molar-refractivity contribution is -0.334. The normalized spacial score (nSPS) is 50.5. The summed E-state index contributed by atoms with van der Waals surface area (Å²) in [5, 5.41) is 22.2. The third kappa shape index (κ3) is 2.70. The predicted molar refractivity (Wildman–Crippen MR) is 103 cm³/mol. The van der Waals surface area contributed by atoms with Gasteiger partial charge in [-0.2, -0.15) is 0 Å². The average molecular weight is 377 g/mol. The quantitative estimate of drug-likeness (QED) is 0.631. The average Bonchev–Trinajstić information content (AvgIpc) is 2.92. The summed E-state index contributed by atoms with van der Waals surface area (Å²) in [6.07, 6.45) is 9.57. The number of aliphatic hydroxyl groups is 2. The van der Waals surface area contributed by atoms with E-state index in [1.807, 2.05) is 0 Å². The van der Waals surface area contributed by atoms with E-state index in [1.165, 1.54) is 5.57 Å². The molecule has 1 spiro atoms. The van der Waals surface area contributed by atoms with Crippen LogP contribution in [0.3, 0.4) is 0 Å². The van der Waals surface area contributed by atoms with Gasteiger partial charge in [0.25, 0.3) is 0 Å². The molecule has 1 heterocycles. The van der Waals surface area contributed by atoms with Crippen LogP contribution in [-0.2, 0) is 9.47 Å². The zero-order valence-corrected chi connectivity index (χ0v) is 17.2. The second kappa shape index (κ2) is 5.81. The Kier molecular flexibility index (Phi) is 4.00. The molecule has 4 heteroatoms. The van der Waals surface area contributed by atoms with E-state index in [9.17, 15) is 10.2 Å². The number of ether oxygens (including phenoxy) is 2. The van der Waals surface area contributed by atoms with Gasteiger partial charge in [0, 0.05) is 29.6 Å². The van der Waals surface area contributed by atoms with E-state index in [1.54, 1.807) is 0 Å². The fraction of sp³-hybridized carbons (Fsp3) is 0.913. The molecule has 0 bridgehead atoms. The van der Waals surface area contributed by atoms with Gasteiger partial charge in [-0.3, -0.25) is 0 Å². The molecule has 0 aromatic carbocycles. The first-order chi connectivity index (χ1) is 12.7.